The van der Waals surface area contributed by atoms with E-state index < -0.39 is 43.5 Å². The molecule has 6 rings (SSSR count). The summed E-state index contributed by atoms with van der Waals surface area (Å²) in [6, 6.07) is 28.3. The second-order valence-corrected chi connectivity index (χ2v) is 41.3. The third-order valence-electron chi connectivity index (χ3n) is 10.1. The van der Waals surface area contributed by atoms with Crippen LogP contribution in [-0.2, 0) is 24.3 Å². The molecule has 0 radical (unpaired) electrons. The fourth-order valence-corrected chi connectivity index (χ4v) is 26.8. The Morgan fingerprint density at radius 2 is 1.44 bits per heavy atom. The second-order valence-electron chi connectivity index (χ2n) is 15.3. The summed E-state index contributed by atoms with van der Waals surface area (Å²) in [6.07, 6.45) is 6.96. The Labute approximate surface area is 288 Å². The van der Waals surface area contributed by atoms with Crippen LogP contribution in [0.1, 0.15) is 53.4 Å². The van der Waals surface area contributed by atoms with Gasteiger partial charge >= 0.3 is 290 Å². The molecule has 0 saturated carbocycles. The van der Waals surface area contributed by atoms with Crippen molar-refractivity contribution in [2.24, 2.45) is 0 Å². The zero-order chi connectivity index (χ0) is 32.3. The summed E-state index contributed by atoms with van der Waals surface area (Å²) in [5, 5.41) is 6.17. The van der Waals surface area contributed by atoms with Crippen LogP contribution in [0.15, 0.2) is 78.4 Å². The summed E-state index contributed by atoms with van der Waals surface area (Å²) in [4.78, 5) is 0. The van der Waals surface area contributed by atoms with Crippen LogP contribution in [-0.4, -0.2) is 25.7 Å². The zero-order valence-corrected chi connectivity index (χ0v) is 35.8. The van der Waals surface area contributed by atoms with E-state index in [1.54, 1.807) is 10.4 Å². The molecule has 1 atom stereocenters. The van der Waals surface area contributed by atoms with Crippen LogP contribution in [0.2, 0.25) is 39.3 Å². The zero-order valence-electron chi connectivity index (χ0n) is 28.4. The first kappa shape index (κ1) is 33.6. The molecule has 4 aromatic carbocycles. The van der Waals surface area contributed by atoms with Crippen LogP contribution in [0.5, 0.6) is 0 Å². The van der Waals surface area contributed by atoms with E-state index in [0.717, 1.165) is 12.8 Å². The van der Waals surface area contributed by atoms with Crippen molar-refractivity contribution < 1.29 is 17.9 Å². The molecule has 0 N–H and O–H groups in total. The van der Waals surface area contributed by atoms with Gasteiger partial charge in [-0.25, -0.2) is 0 Å². The van der Waals surface area contributed by atoms with Gasteiger partial charge in [-0.2, -0.15) is 0 Å². The van der Waals surface area contributed by atoms with Gasteiger partial charge in [0.1, 0.15) is 0 Å². The molecule has 0 aromatic heterocycles. The number of unbranched alkanes of at least 4 members (excludes halogenated alkanes) is 1. The maximum atomic E-state index is 8.01. The van der Waals surface area contributed by atoms with E-state index in [4.69, 9.17) is 17.0 Å². The average Bonchev–Trinajstić information content (AvgIpc) is 3.57. The molecule has 1 unspecified atom stereocenters. The van der Waals surface area contributed by atoms with Crippen molar-refractivity contribution in [3.8, 4) is 22.3 Å². The number of halogens is 2. The molecule has 0 bridgehead atoms. The van der Waals surface area contributed by atoms with Gasteiger partial charge in [0, 0.05) is 0 Å². The molecule has 0 saturated heterocycles. The van der Waals surface area contributed by atoms with Crippen molar-refractivity contribution >= 4 is 72.8 Å². The minimum atomic E-state index is -4.02. The number of benzene rings is 4. The van der Waals surface area contributed by atoms with E-state index in [-0.39, 0.29) is 3.63 Å². The molecule has 0 amide bonds. The summed E-state index contributed by atoms with van der Waals surface area (Å²) in [5.41, 5.74) is 11.3. The minimum absolute atomic E-state index is 0.134. The molecule has 1 aliphatic carbocycles. The Balaban J connectivity index is 1.56. The normalized spacial score (nSPS) is 16.5. The molecule has 6 heteroatoms. The van der Waals surface area contributed by atoms with Crippen molar-refractivity contribution in [2.75, 3.05) is 0 Å². The molecule has 1 aliphatic heterocycles. The third kappa shape index (κ3) is 6.22. The van der Waals surface area contributed by atoms with Gasteiger partial charge in [-0.05, 0) is 0 Å². The topological polar surface area (TPSA) is 0 Å². The van der Waals surface area contributed by atoms with Crippen LogP contribution in [0.3, 0.4) is 0 Å². The Morgan fingerprint density at radius 1 is 0.778 bits per heavy atom. The van der Waals surface area contributed by atoms with Crippen LogP contribution in [0.25, 0.3) is 28.3 Å². The van der Waals surface area contributed by atoms with Gasteiger partial charge < -0.3 is 0 Å². The van der Waals surface area contributed by atoms with Crippen LogP contribution in [0.4, 0.5) is 0 Å². The SMILES string of the molecule is CCCCC1=Cc2c(ccc(CC)c2-c2cc([Si](C)(C)C)cc([Si](C)(C)C)c2)[CH]1[Zr]([Cl])([Cl])[c]1cccc2c1[SiH2]c1ccccc1-2. The fourth-order valence-electron chi connectivity index (χ4n) is 7.48. The van der Waals surface area contributed by atoms with Crippen LogP contribution in [0, 0.1) is 0 Å². The Morgan fingerprint density at radius 3 is 2.09 bits per heavy atom. The molecular formula is C39H48Cl2Si3Zr. The number of hydrogen-bond acceptors (Lipinski definition) is 0. The van der Waals surface area contributed by atoms with E-state index in [9.17, 15) is 0 Å². The molecule has 0 nitrogen and oxygen atoms in total. The summed E-state index contributed by atoms with van der Waals surface area (Å²) in [7, 11) is 12.3. The van der Waals surface area contributed by atoms with Gasteiger partial charge in [-0.1, -0.05) is 0 Å². The first-order chi connectivity index (χ1) is 21.3. The number of allylic oxidation sites excluding steroid dienone is 1. The summed E-state index contributed by atoms with van der Waals surface area (Å²) in [6.45, 7) is 19.5. The van der Waals surface area contributed by atoms with Crippen molar-refractivity contribution in [1.82, 2.24) is 0 Å². The third-order valence-corrected chi connectivity index (χ3v) is 28.5. The van der Waals surface area contributed by atoms with Gasteiger partial charge in [0.05, 0.1) is 0 Å². The van der Waals surface area contributed by atoms with Gasteiger partial charge in [0.15, 0.2) is 0 Å². The van der Waals surface area contributed by atoms with Crippen molar-refractivity contribution in [3.05, 3.63) is 95.1 Å². The van der Waals surface area contributed by atoms with Gasteiger partial charge in [-0.15, -0.1) is 0 Å². The van der Waals surface area contributed by atoms with E-state index in [1.807, 2.05) is 0 Å². The average molecular weight is 763 g/mol. The molecule has 4 aromatic rings. The van der Waals surface area contributed by atoms with E-state index in [2.05, 4.69) is 132 Å². The monoisotopic (exact) mass is 760 g/mol. The number of fused-ring (bicyclic) bond motifs is 4. The fraction of sp³-hybridized carbons (Fsp3) is 0.333. The molecule has 45 heavy (non-hydrogen) atoms. The molecular weight excluding hydrogens is 715 g/mol. The van der Waals surface area contributed by atoms with Crippen molar-refractivity contribution in [2.45, 2.75) is 82.4 Å². The van der Waals surface area contributed by atoms with Gasteiger partial charge in [-0.3, -0.25) is 0 Å². The van der Waals surface area contributed by atoms with Crippen LogP contribution >= 0.6 is 17.0 Å². The molecule has 1 heterocycles. The van der Waals surface area contributed by atoms with Crippen molar-refractivity contribution in [1.29, 1.82) is 0 Å². The molecule has 0 spiro atoms. The number of rotatable bonds is 9. The van der Waals surface area contributed by atoms with Gasteiger partial charge in [0.2, 0.25) is 0 Å². The summed E-state index contributed by atoms with van der Waals surface area (Å²) >= 11 is -4.02. The van der Waals surface area contributed by atoms with E-state index >= 15 is 0 Å². The molecule has 234 valence electrons. The number of hydrogen-bond donors (Lipinski definition) is 0. The Bertz CT molecular complexity index is 1780. The summed E-state index contributed by atoms with van der Waals surface area (Å²) < 4.78 is 1.46. The molecule has 2 aliphatic rings. The van der Waals surface area contributed by atoms with E-state index in [1.165, 1.54) is 71.0 Å². The summed E-state index contributed by atoms with van der Waals surface area (Å²) in [5.74, 6) is 0. The first-order valence-electron chi connectivity index (χ1n) is 16.9. The van der Waals surface area contributed by atoms with Crippen molar-refractivity contribution in [3.63, 3.8) is 0 Å². The second kappa shape index (κ2) is 12.6. The first-order valence-corrected chi connectivity index (χ1v) is 34.3. The quantitative estimate of drug-likeness (QED) is 0.132. The molecule has 0 fully saturated rings. The van der Waals surface area contributed by atoms with E-state index in [0.29, 0.717) is 0 Å². The standard InChI is InChI=1S/C27H39Si2.C12H9Si.2ClH.Zr/c1-9-11-12-20-15-22-14-13-21(10-2)27(26(22)16-20)23-17-24(28(3,4)5)19-25(18-23)29(6,7)8;1-3-7-11-9(5-1)10-6-2-4-8-12(10)13-11;;;/h13-19H,9-12H2,1-8H3;1-7H,13H2;2*1H;/q;;;;+2/p-2. The maximum absolute atomic E-state index is 8.01. The Kier molecular flexibility index (Phi) is 9.45. The Hall–Kier alpha value is -1.27. The van der Waals surface area contributed by atoms with Gasteiger partial charge in [0.25, 0.3) is 0 Å². The predicted molar refractivity (Wildman–Crippen MR) is 208 cm³/mol. The number of aryl methyl sites for hydroxylation is 1. The van der Waals surface area contributed by atoms with Crippen LogP contribution < -0.4 is 24.0 Å². The predicted octanol–water partition coefficient (Wildman–Crippen LogP) is 8.52.